The molecule has 20 heavy (non-hydrogen) atoms. The van der Waals surface area contributed by atoms with Crippen molar-refractivity contribution in [1.82, 2.24) is 0 Å². The maximum absolute atomic E-state index is 8.92. The monoisotopic (exact) mass is 280 g/mol. The van der Waals surface area contributed by atoms with Crippen LogP contribution >= 0.6 is 0 Å². The topological polar surface area (TPSA) is 47.9 Å². The van der Waals surface area contributed by atoms with Crippen LogP contribution in [0.3, 0.4) is 0 Å². The Morgan fingerprint density at radius 1 is 1.40 bits per heavy atom. The van der Waals surface area contributed by atoms with Gasteiger partial charge in [-0.1, -0.05) is 12.1 Å². The van der Waals surface area contributed by atoms with Gasteiger partial charge >= 0.3 is 0 Å². The van der Waals surface area contributed by atoms with Crippen LogP contribution in [-0.2, 0) is 22.3 Å². The first-order valence-corrected chi connectivity index (χ1v) is 7.12. The highest BCUT2D eigenvalue weighted by Crippen LogP contribution is 2.28. The quantitative estimate of drug-likeness (QED) is 0.868. The third-order valence-corrected chi connectivity index (χ3v) is 3.48. The summed E-state index contributed by atoms with van der Waals surface area (Å²) in [5, 5.41) is 8.92. The fourth-order valence-electron chi connectivity index (χ4n) is 2.54. The van der Waals surface area contributed by atoms with E-state index in [1.54, 1.807) is 7.11 Å². The summed E-state index contributed by atoms with van der Waals surface area (Å²) in [4.78, 5) is 0. The molecule has 1 aromatic carbocycles. The second kappa shape index (κ2) is 6.57. The molecule has 1 unspecified atom stereocenters. The number of aliphatic hydroxyl groups excluding tert-OH is 1. The Morgan fingerprint density at radius 2 is 2.20 bits per heavy atom. The van der Waals surface area contributed by atoms with Gasteiger partial charge in [0.2, 0.25) is 0 Å². The molecule has 0 amide bonds. The third kappa shape index (κ3) is 3.95. The van der Waals surface area contributed by atoms with Crippen molar-refractivity contribution in [1.29, 1.82) is 0 Å². The fourth-order valence-corrected chi connectivity index (χ4v) is 2.54. The van der Waals surface area contributed by atoms with Crippen molar-refractivity contribution in [2.45, 2.75) is 45.0 Å². The predicted molar refractivity (Wildman–Crippen MR) is 77.0 cm³/mol. The number of methoxy groups -OCH3 is 1. The fraction of sp³-hybridized carbons (Fsp3) is 0.625. The van der Waals surface area contributed by atoms with Gasteiger partial charge in [-0.05, 0) is 43.9 Å². The predicted octanol–water partition coefficient (Wildman–Crippen LogP) is 2.31. The zero-order valence-electron chi connectivity index (χ0n) is 12.5. The molecule has 1 fully saturated rings. The van der Waals surface area contributed by atoms with Crippen molar-refractivity contribution in [2.75, 3.05) is 20.3 Å². The lowest BCUT2D eigenvalue weighted by Crippen LogP contribution is -2.22. The van der Waals surface area contributed by atoms with E-state index in [1.165, 1.54) is 5.56 Å². The molecule has 1 N–H and O–H groups in total. The molecule has 0 aromatic heterocycles. The Kier molecular flexibility index (Phi) is 5.02. The Hall–Kier alpha value is -1.10. The van der Waals surface area contributed by atoms with E-state index in [1.807, 2.05) is 26.0 Å². The highest BCUT2D eigenvalue weighted by molar-refractivity contribution is 5.38. The molecule has 4 nitrogen and oxygen atoms in total. The summed E-state index contributed by atoms with van der Waals surface area (Å²) >= 11 is 0. The number of aryl methyl sites for hydroxylation is 1. The van der Waals surface area contributed by atoms with Gasteiger partial charge in [-0.2, -0.15) is 0 Å². The minimum Gasteiger partial charge on any atom is -0.496 e. The summed E-state index contributed by atoms with van der Waals surface area (Å²) in [6, 6.07) is 6.18. The lowest BCUT2D eigenvalue weighted by atomic mass is 10.0. The molecule has 4 heteroatoms. The molecule has 0 radical (unpaired) electrons. The van der Waals surface area contributed by atoms with Crippen molar-refractivity contribution in [3.05, 3.63) is 29.3 Å². The van der Waals surface area contributed by atoms with Crippen LogP contribution < -0.4 is 4.74 Å². The highest BCUT2D eigenvalue weighted by Gasteiger charge is 2.33. The number of aliphatic hydroxyl groups is 1. The van der Waals surface area contributed by atoms with Crippen LogP contribution in [0.4, 0.5) is 0 Å². The summed E-state index contributed by atoms with van der Waals surface area (Å²) in [7, 11) is 1.68. The SMILES string of the molecule is COc1ccc(CCCO)cc1CC1COC(C)(C)O1. The molecule has 1 atom stereocenters. The van der Waals surface area contributed by atoms with E-state index < -0.39 is 5.79 Å². The maximum atomic E-state index is 8.92. The van der Waals surface area contributed by atoms with Crippen molar-refractivity contribution in [3.63, 3.8) is 0 Å². The average Bonchev–Trinajstić information content (AvgIpc) is 2.76. The lowest BCUT2D eigenvalue weighted by molar-refractivity contribution is -0.138. The molecular weight excluding hydrogens is 256 g/mol. The number of rotatable bonds is 6. The second-order valence-corrected chi connectivity index (χ2v) is 5.63. The summed E-state index contributed by atoms with van der Waals surface area (Å²) < 4.78 is 16.9. The minimum atomic E-state index is -0.494. The van der Waals surface area contributed by atoms with Crippen LogP contribution in [0.5, 0.6) is 5.75 Å². The molecule has 0 spiro atoms. The summed E-state index contributed by atoms with van der Waals surface area (Å²) in [5.74, 6) is 0.387. The number of hydrogen-bond acceptors (Lipinski definition) is 4. The number of benzene rings is 1. The third-order valence-electron chi connectivity index (χ3n) is 3.48. The number of hydrogen-bond donors (Lipinski definition) is 1. The highest BCUT2D eigenvalue weighted by atomic mass is 16.7. The van der Waals surface area contributed by atoms with Gasteiger partial charge in [0.25, 0.3) is 0 Å². The molecule has 1 aliphatic heterocycles. The van der Waals surface area contributed by atoms with Crippen LogP contribution in [0.25, 0.3) is 0 Å². The second-order valence-electron chi connectivity index (χ2n) is 5.63. The van der Waals surface area contributed by atoms with Crippen molar-refractivity contribution >= 4 is 0 Å². The Balaban J connectivity index is 2.08. The van der Waals surface area contributed by atoms with Gasteiger partial charge in [0.05, 0.1) is 19.8 Å². The minimum absolute atomic E-state index is 0.0620. The first-order chi connectivity index (χ1) is 9.54. The van der Waals surface area contributed by atoms with Crippen molar-refractivity contribution < 1.29 is 19.3 Å². The Morgan fingerprint density at radius 3 is 2.80 bits per heavy atom. The molecular formula is C16H24O4. The van der Waals surface area contributed by atoms with Gasteiger partial charge in [0.1, 0.15) is 5.75 Å². The molecule has 0 aliphatic carbocycles. The smallest absolute Gasteiger partial charge is 0.163 e. The van der Waals surface area contributed by atoms with E-state index in [0.717, 1.165) is 30.6 Å². The summed E-state index contributed by atoms with van der Waals surface area (Å²) in [6.45, 7) is 4.69. The van der Waals surface area contributed by atoms with Gasteiger partial charge in [0.15, 0.2) is 5.79 Å². The first kappa shape index (κ1) is 15.3. The van der Waals surface area contributed by atoms with E-state index in [2.05, 4.69) is 6.07 Å². The van der Waals surface area contributed by atoms with Gasteiger partial charge < -0.3 is 19.3 Å². The van der Waals surface area contributed by atoms with Crippen LogP contribution in [0.2, 0.25) is 0 Å². The molecule has 1 saturated heterocycles. The van der Waals surface area contributed by atoms with Crippen LogP contribution in [0, 0.1) is 0 Å². The van der Waals surface area contributed by atoms with E-state index in [9.17, 15) is 0 Å². The maximum Gasteiger partial charge on any atom is 0.163 e. The van der Waals surface area contributed by atoms with Crippen molar-refractivity contribution in [2.24, 2.45) is 0 Å². The average molecular weight is 280 g/mol. The largest absolute Gasteiger partial charge is 0.496 e. The van der Waals surface area contributed by atoms with E-state index in [0.29, 0.717) is 6.61 Å². The number of ether oxygens (including phenoxy) is 3. The van der Waals surface area contributed by atoms with Crippen LogP contribution in [0.1, 0.15) is 31.4 Å². The molecule has 1 aromatic rings. The zero-order valence-corrected chi connectivity index (χ0v) is 12.5. The summed E-state index contributed by atoms with van der Waals surface area (Å²) in [6.07, 6.45) is 2.49. The van der Waals surface area contributed by atoms with Gasteiger partial charge in [-0.15, -0.1) is 0 Å². The standard InChI is InChI=1S/C16H24O4/c1-16(2)19-11-14(20-16)10-13-9-12(5-4-8-17)6-7-15(13)18-3/h6-7,9,14,17H,4-5,8,10-11H2,1-3H3. The van der Waals surface area contributed by atoms with Crippen molar-refractivity contribution in [3.8, 4) is 5.75 Å². The van der Waals surface area contributed by atoms with Crippen LogP contribution in [0.15, 0.2) is 18.2 Å². The van der Waals surface area contributed by atoms with Gasteiger partial charge in [0, 0.05) is 13.0 Å². The molecule has 1 aliphatic rings. The van der Waals surface area contributed by atoms with E-state index in [-0.39, 0.29) is 12.7 Å². The zero-order chi connectivity index (χ0) is 14.6. The van der Waals surface area contributed by atoms with Gasteiger partial charge in [-0.3, -0.25) is 0 Å². The molecule has 112 valence electrons. The lowest BCUT2D eigenvalue weighted by Gasteiger charge is -2.18. The molecule has 0 saturated carbocycles. The van der Waals surface area contributed by atoms with Crippen LogP contribution in [-0.4, -0.2) is 37.3 Å². The van der Waals surface area contributed by atoms with E-state index in [4.69, 9.17) is 19.3 Å². The molecule has 1 heterocycles. The van der Waals surface area contributed by atoms with Gasteiger partial charge in [-0.25, -0.2) is 0 Å². The first-order valence-electron chi connectivity index (χ1n) is 7.12. The normalized spacial score (nSPS) is 21.1. The van der Waals surface area contributed by atoms with E-state index >= 15 is 0 Å². The Bertz CT molecular complexity index is 442. The Labute approximate surface area is 120 Å². The molecule has 0 bridgehead atoms. The summed E-state index contributed by atoms with van der Waals surface area (Å²) in [5.41, 5.74) is 2.35. The molecule has 2 rings (SSSR count).